The molecule has 0 aliphatic heterocycles. The van der Waals surface area contributed by atoms with E-state index in [2.05, 4.69) is 9.47 Å². The molecular weight excluding hydrogens is 358 g/mol. The molecule has 0 spiro atoms. The lowest BCUT2D eigenvalue weighted by atomic mass is 9.91. The van der Waals surface area contributed by atoms with Crippen LogP contribution in [0.2, 0.25) is 0 Å². The van der Waals surface area contributed by atoms with Gasteiger partial charge in [-0.15, -0.1) is 0 Å². The highest BCUT2D eigenvalue weighted by Crippen LogP contribution is 2.38. The van der Waals surface area contributed by atoms with Crippen molar-refractivity contribution in [1.29, 1.82) is 0 Å². The second kappa shape index (κ2) is 8.27. The zero-order chi connectivity index (χ0) is 20.1. The number of ether oxygens (including phenoxy) is 2. The molecule has 0 unspecified atom stereocenters. The van der Waals surface area contributed by atoms with Gasteiger partial charge in [0.15, 0.2) is 13.2 Å². The van der Waals surface area contributed by atoms with Crippen LogP contribution in [-0.2, 0) is 19.1 Å². The van der Waals surface area contributed by atoms with Crippen LogP contribution in [0, 0.1) is 5.41 Å². The summed E-state index contributed by atoms with van der Waals surface area (Å²) in [4.78, 5) is 22.8. The van der Waals surface area contributed by atoms with Crippen LogP contribution in [0.15, 0.2) is 0 Å². The van der Waals surface area contributed by atoms with Crippen LogP contribution < -0.4 is 0 Å². The van der Waals surface area contributed by atoms with Gasteiger partial charge >= 0.3 is 11.9 Å². The second-order valence-corrected chi connectivity index (χ2v) is 6.61. The number of halogens is 6. The van der Waals surface area contributed by atoms with Crippen LogP contribution in [0.3, 0.4) is 0 Å². The summed E-state index contributed by atoms with van der Waals surface area (Å²) < 4.78 is 86.9. The summed E-state index contributed by atoms with van der Waals surface area (Å²) in [5.41, 5.74) is -0.891. The number of esters is 2. The van der Waals surface area contributed by atoms with E-state index in [0.717, 1.165) is 0 Å². The van der Waals surface area contributed by atoms with Gasteiger partial charge in [0.25, 0.3) is 17.8 Å². The minimum atomic E-state index is -4.34. The van der Waals surface area contributed by atoms with Crippen molar-refractivity contribution in [3.05, 3.63) is 0 Å². The van der Waals surface area contributed by atoms with Gasteiger partial charge in [0.2, 0.25) is 0 Å². The van der Waals surface area contributed by atoms with Gasteiger partial charge in [0, 0.05) is 0 Å². The molecule has 25 heavy (non-hydrogen) atoms. The maximum atomic E-state index is 13.4. The maximum absolute atomic E-state index is 13.4. The fourth-order valence-corrected chi connectivity index (χ4v) is 1.64. The van der Waals surface area contributed by atoms with E-state index >= 15 is 0 Å². The summed E-state index contributed by atoms with van der Waals surface area (Å²) in [5.74, 6) is -14.5. The number of rotatable bonds is 10. The first-order chi connectivity index (χ1) is 11.0. The third-order valence-corrected chi connectivity index (χ3v) is 3.29. The van der Waals surface area contributed by atoms with Crippen LogP contribution in [0.5, 0.6) is 0 Å². The lowest BCUT2D eigenvalue weighted by molar-refractivity contribution is -0.183. The Hall–Kier alpha value is -1.48. The van der Waals surface area contributed by atoms with Crippen molar-refractivity contribution in [2.24, 2.45) is 5.41 Å². The smallest absolute Gasteiger partial charge is 0.344 e. The molecule has 0 aliphatic carbocycles. The number of hydrogen-bond donors (Lipinski definition) is 0. The molecule has 4 nitrogen and oxygen atoms in total. The van der Waals surface area contributed by atoms with Crippen molar-refractivity contribution in [2.45, 2.75) is 64.7 Å². The number of carbonyl (C=O) groups excluding carboxylic acids is 2. The van der Waals surface area contributed by atoms with E-state index in [1.165, 1.54) is 0 Å². The van der Waals surface area contributed by atoms with E-state index in [-0.39, 0.29) is 6.92 Å². The molecule has 0 N–H and O–H groups in total. The lowest BCUT2D eigenvalue weighted by Gasteiger charge is -2.25. The van der Waals surface area contributed by atoms with Gasteiger partial charge in [-0.25, -0.2) is 31.1 Å². The topological polar surface area (TPSA) is 52.6 Å². The average Bonchev–Trinajstić information content (AvgIpc) is 2.38. The van der Waals surface area contributed by atoms with Gasteiger partial charge in [-0.2, -0.15) is 0 Å². The molecule has 0 amide bonds. The monoisotopic (exact) mass is 380 g/mol. The van der Waals surface area contributed by atoms with E-state index < -0.39 is 61.2 Å². The molecule has 0 rings (SSSR count). The van der Waals surface area contributed by atoms with E-state index in [0.29, 0.717) is 6.42 Å². The van der Waals surface area contributed by atoms with Crippen LogP contribution in [-0.4, -0.2) is 42.9 Å². The number of carbonyl (C=O) groups is 2. The first kappa shape index (κ1) is 23.5. The van der Waals surface area contributed by atoms with Gasteiger partial charge in [-0.1, -0.05) is 6.92 Å². The van der Waals surface area contributed by atoms with E-state index in [9.17, 15) is 35.9 Å². The summed E-state index contributed by atoms with van der Waals surface area (Å²) in [7, 11) is 0. The molecule has 0 aliphatic rings. The molecule has 0 aromatic heterocycles. The third-order valence-electron chi connectivity index (χ3n) is 3.29. The van der Waals surface area contributed by atoms with Gasteiger partial charge in [-0.3, -0.25) is 4.79 Å². The third kappa shape index (κ3) is 10.2. The first-order valence-electron chi connectivity index (χ1n) is 7.46. The van der Waals surface area contributed by atoms with Crippen molar-refractivity contribution in [3.63, 3.8) is 0 Å². The summed E-state index contributed by atoms with van der Waals surface area (Å²) in [6, 6.07) is 0. The predicted octanol–water partition coefficient (Wildman–Crippen LogP) is 4.22. The average molecular weight is 380 g/mol. The minimum absolute atomic E-state index is 0.186. The summed E-state index contributed by atoms with van der Waals surface area (Å²) in [5, 5.41) is 0. The van der Waals surface area contributed by atoms with Crippen LogP contribution in [0.1, 0.15) is 47.0 Å². The van der Waals surface area contributed by atoms with Crippen molar-refractivity contribution in [3.8, 4) is 0 Å². The summed E-state index contributed by atoms with van der Waals surface area (Å²) in [6.07, 6.45) is -3.84. The molecule has 0 saturated heterocycles. The largest absolute Gasteiger partial charge is 0.457 e. The SMILES string of the molecule is CCC(C)(C)C(=O)OCC(=O)OCC(F)(F)CC(F)(F)CC(C)(F)F. The summed E-state index contributed by atoms with van der Waals surface area (Å²) in [6.45, 7) is 2.28. The van der Waals surface area contributed by atoms with E-state index in [1.807, 2.05) is 0 Å². The molecule has 0 saturated carbocycles. The number of alkyl halides is 6. The standard InChI is InChI=1S/C15H22F6O4/c1-5-12(2,3)11(23)24-6-10(22)25-9-15(20,21)8-14(18,19)7-13(4,16)17/h5-9H2,1-4H3. The molecule has 0 heterocycles. The Morgan fingerprint density at radius 2 is 1.36 bits per heavy atom. The normalized spacial score (nSPS) is 13.5. The number of hydrogen-bond acceptors (Lipinski definition) is 4. The second-order valence-electron chi connectivity index (χ2n) is 6.61. The van der Waals surface area contributed by atoms with Crippen molar-refractivity contribution >= 4 is 11.9 Å². The zero-order valence-electron chi connectivity index (χ0n) is 14.4. The van der Waals surface area contributed by atoms with Gasteiger partial charge in [0.1, 0.15) is 0 Å². The van der Waals surface area contributed by atoms with Crippen molar-refractivity contribution < 1.29 is 45.4 Å². The molecule has 0 radical (unpaired) electrons. The lowest BCUT2D eigenvalue weighted by Crippen LogP contribution is -2.37. The van der Waals surface area contributed by atoms with Crippen molar-refractivity contribution in [2.75, 3.05) is 13.2 Å². The predicted molar refractivity (Wildman–Crippen MR) is 75.7 cm³/mol. The molecule has 0 bridgehead atoms. The van der Waals surface area contributed by atoms with Gasteiger partial charge < -0.3 is 9.47 Å². The Kier molecular flexibility index (Phi) is 7.78. The molecular formula is C15H22F6O4. The molecule has 0 atom stereocenters. The first-order valence-corrected chi connectivity index (χ1v) is 7.46. The Bertz CT molecular complexity index is 471. The molecule has 0 fully saturated rings. The molecule has 0 aromatic rings. The molecule has 0 aromatic carbocycles. The van der Waals surface area contributed by atoms with Crippen LogP contribution >= 0.6 is 0 Å². The highest BCUT2D eigenvalue weighted by Gasteiger charge is 2.48. The van der Waals surface area contributed by atoms with E-state index in [1.54, 1.807) is 20.8 Å². The Morgan fingerprint density at radius 1 is 0.840 bits per heavy atom. The zero-order valence-corrected chi connectivity index (χ0v) is 14.4. The van der Waals surface area contributed by atoms with Gasteiger partial charge in [0.05, 0.1) is 18.3 Å². The van der Waals surface area contributed by atoms with E-state index in [4.69, 9.17) is 0 Å². The highest BCUT2D eigenvalue weighted by molar-refractivity contribution is 5.79. The summed E-state index contributed by atoms with van der Waals surface area (Å²) >= 11 is 0. The Morgan fingerprint density at radius 3 is 1.80 bits per heavy atom. The maximum Gasteiger partial charge on any atom is 0.344 e. The molecule has 148 valence electrons. The Balaban J connectivity index is 4.45. The fourth-order valence-electron chi connectivity index (χ4n) is 1.64. The minimum Gasteiger partial charge on any atom is -0.457 e. The quantitative estimate of drug-likeness (QED) is 0.421. The Labute approximate surface area is 141 Å². The van der Waals surface area contributed by atoms with Crippen LogP contribution in [0.4, 0.5) is 26.3 Å². The van der Waals surface area contributed by atoms with Crippen molar-refractivity contribution in [1.82, 2.24) is 0 Å². The van der Waals surface area contributed by atoms with Crippen LogP contribution in [0.25, 0.3) is 0 Å². The van der Waals surface area contributed by atoms with Gasteiger partial charge in [-0.05, 0) is 27.2 Å². The highest BCUT2D eigenvalue weighted by atomic mass is 19.3. The molecule has 10 heteroatoms. The fraction of sp³-hybridized carbons (Fsp3) is 0.867.